The number of hydrogen-bond donors (Lipinski definition) is 7. The van der Waals surface area contributed by atoms with Crippen LogP contribution in [0.3, 0.4) is 0 Å². The molecule has 32 heavy (non-hydrogen) atoms. The van der Waals surface area contributed by atoms with E-state index in [1.165, 1.54) is 13.2 Å². The standard InChI is InChI=1S/C19H28N2O11/c1-8(23)21-10-7-30-11(6-22)12(24)16(10)31-19-15(27)13(25)14(26)17(32-19)18(28)20-5-9-3-2-4-29-9/h2-4,10-17,19,22,24-27H,5-7H2,1H3,(H,20,28)(H,21,23)/t10-,11+,12-,13-,14-,15+,16+,17-,19+/m1/s1. The molecule has 0 radical (unpaired) electrons. The van der Waals surface area contributed by atoms with Crippen molar-refractivity contribution in [1.82, 2.24) is 10.6 Å². The zero-order chi connectivity index (χ0) is 23.4. The van der Waals surface area contributed by atoms with Gasteiger partial charge in [-0.3, -0.25) is 9.59 Å². The maximum Gasteiger partial charge on any atom is 0.252 e. The minimum atomic E-state index is -1.81. The second kappa shape index (κ2) is 10.7. The van der Waals surface area contributed by atoms with Gasteiger partial charge in [-0.2, -0.15) is 0 Å². The lowest BCUT2D eigenvalue weighted by molar-refractivity contribution is -0.319. The number of hydrogen-bond acceptors (Lipinski definition) is 11. The highest BCUT2D eigenvalue weighted by molar-refractivity contribution is 5.81. The summed E-state index contributed by atoms with van der Waals surface area (Å²) >= 11 is 0. The topological polar surface area (TPSA) is 200 Å². The van der Waals surface area contributed by atoms with Crippen LogP contribution in [0.15, 0.2) is 22.8 Å². The number of amides is 2. The van der Waals surface area contributed by atoms with E-state index in [1.54, 1.807) is 12.1 Å². The molecule has 2 amide bonds. The van der Waals surface area contributed by atoms with E-state index in [4.69, 9.17) is 18.6 Å². The maximum absolute atomic E-state index is 12.5. The lowest BCUT2D eigenvalue weighted by Crippen LogP contribution is -2.66. The van der Waals surface area contributed by atoms with Crippen LogP contribution in [0.4, 0.5) is 0 Å². The Bertz CT molecular complexity index is 760. The summed E-state index contributed by atoms with van der Waals surface area (Å²) in [5.74, 6) is -0.805. The molecule has 2 aliphatic rings. The molecule has 2 saturated heterocycles. The van der Waals surface area contributed by atoms with Gasteiger partial charge in [0, 0.05) is 6.92 Å². The number of ether oxygens (including phenoxy) is 3. The zero-order valence-electron chi connectivity index (χ0n) is 17.2. The first kappa shape index (κ1) is 24.5. The molecule has 13 nitrogen and oxygen atoms in total. The Labute approximate surface area is 182 Å². The number of furan rings is 1. The van der Waals surface area contributed by atoms with Crippen molar-refractivity contribution in [2.45, 2.75) is 68.5 Å². The van der Waals surface area contributed by atoms with Crippen molar-refractivity contribution in [3.63, 3.8) is 0 Å². The second-order valence-corrected chi connectivity index (χ2v) is 7.65. The molecule has 0 bridgehead atoms. The van der Waals surface area contributed by atoms with Gasteiger partial charge in [-0.25, -0.2) is 0 Å². The molecule has 3 rings (SSSR count). The Hall–Kier alpha value is -2.10. The summed E-state index contributed by atoms with van der Waals surface area (Å²) in [6, 6.07) is 2.37. The molecule has 0 aromatic carbocycles. The number of rotatable bonds is 7. The number of carbonyl (C=O) groups excluding carboxylic acids is 2. The largest absolute Gasteiger partial charge is 0.467 e. The van der Waals surface area contributed by atoms with E-state index in [0.717, 1.165) is 0 Å². The molecule has 0 unspecified atom stereocenters. The fourth-order valence-corrected chi connectivity index (χ4v) is 3.61. The van der Waals surface area contributed by atoms with Crippen molar-refractivity contribution in [2.75, 3.05) is 13.2 Å². The van der Waals surface area contributed by atoms with Crippen LogP contribution < -0.4 is 10.6 Å². The van der Waals surface area contributed by atoms with Crippen LogP contribution in [-0.2, 0) is 30.3 Å². The van der Waals surface area contributed by atoms with Crippen molar-refractivity contribution >= 4 is 11.8 Å². The Morgan fingerprint density at radius 2 is 1.91 bits per heavy atom. The molecular formula is C19H28N2O11. The van der Waals surface area contributed by atoms with Crippen molar-refractivity contribution in [2.24, 2.45) is 0 Å². The highest BCUT2D eigenvalue weighted by Gasteiger charge is 2.50. The van der Waals surface area contributed by atoms with Crippen LogP contribution in [0.25, 0.3) is 0 Å². The molecule has 1 aromatic rings. The Morgan fingerprint density at radius 1 is 1.16 bits per heavy atom. The summed E-state index contributed by atoms with van der Waals surface area (Å²) in [6.07, 6.45) is -10.9. The molecule has 0 spiro atoms. The van der Waals surface area contributed by atoms with Crippen molar-refractivity contribution in [1.29, 1.82) is 0 Å². The molecule has 0 saturated carbocycles. The monoisotopic (exact) mass is 460 g/mol. The molecule has 13 heteroatoms. The molecule has 7 N–H and O–H groups in total. The summed E-state index contributed by atoms with van der Waals surface area (Å²) < 4.78 is 21.5. The van der Waals surface area contributed by atoms with E-state index in [9.17, 15) is 35.1 Å². The fraction of sp³-hybridized carbons (Fsp3) is 0.684. The molecule has 180 valence electrons. The van der Waals surface area contributed by atoms with Crippen LogP contribution in [0.5, 0.6) is 0 Å². The number of nitrogens with one attached hydrogen (secondary N) is 2. The van der Waals surface area contributed by atoms with Gasteiger partial charge in [0.1, 0.15) is 42.4 Å². The average Bonchev–Trinajstić information content (AvgIpc) is 3.28. The predicted molar refractivity (Wildman–Crippen MR) is 103 cm³/mol. The van der Waals surface area contributed by atoms with Gasteiger partial charge in [0.2, 0.25) is 5.91 Å². The highest BCUT2D eigenvalue weighted by atomic mass is 16.7. The Morgan fingerprint density at radius 3 is 2.53 bits per heavy atom. The second-order valence-electron chi connectivity index (χ2n) is 7.65. The van der Waals surface area contributed by atoms with Crippen LogP contribution in [-0.4, -0.2) is 106 Å². The van der Waals surface area contributed by atoms with E-state index in [0.29, 0.717) is 5.76 Å². The molecular weight excluding hydrogens is 432 g/mol. The van der Waals surface area contributed by atoms with E-state index in [1.807, 2.05) is 0 Å². The Kier molecular flexibility index (Phi) is 8.19. The number of aliphatic hydroxyl groups is 5. The predicted octanol–water partition coefficient (Wildman–Crippen LogP) is -3.65. The zero-order valence-corrected chi connectivity index (χ0v) is 17.2. The molecule has 9 atom stereocenters. The van der Waals surface area contributed by atoms with Gasteiger partial charge in [0.25, 0.3) is 5.91 Å². The third-order valence-electron chi connectivity index (χ3n) is 5.31. The average molecular weight is 460 g/mol. The summed E-state index contributed by atoms with van der Waals surface area (Å²) in [6.45, 7) is 0.575. The van der Waals surface area contributed by atoms with Gasteiger partial charge < -0.3 is 54.8 Å². The van der Waals surface area contributed by atoms with Crippen LogP contribution in [0, 0.1) is 0 Å². The first-order valence-corrected chi connectivity index (χ1v) is 10.1. The molecule has 2 aliphatic heterocycles. The third-order valence-corrected chi connectivity index (χ3v) is 5.31. The highest BCUT2D eigenvalue weighted by Crippen LogP contribution is 2.27. The van der Waals surface area contributed by atoms with E-state index < -0.39 is 73.5 Å². The SMILES string of the molecule is CC(=O)N[C@@H]1CO[C@@H](CO)[C@@H](O)[C@H]1O[C@H]1O[C@@H](C(=O)NCc2ccco2)[C@H](O)[C@@H](O)[C@@H]1O. The molecule has 0 aliphatic carbocycles. The van der Waals surface area contributed by atoms with Gasteiger partial charge in [0.15, 0.2) is 12.4 Å². The lowest BCUT2D eigenvalue weighted by Gasteiger charge is -2.45. The van der Waals surface area contributed by atoms with E-state index >= 15 is 0 Å². The summed E-state index contributed by atoms with van der Waals surface area (Å²) in [7, 11) is 0. The first-order valence-electron chi connectivity index (χ1n) is 10.1. The fourth-order valence-electron chi connectivity index (χ4n) is 3.61. The Balaban J connectivity index is 1.72. The summed E-state index contributed by atoms with van der Waals surface area (Å²) in [5.41, 5.74) is 0. The van der Waals surface area contributed by atoms with Crippen molar-refractivity contribution < 1.29 is 53.7 Å². The van der Waals surface area contributed by atoms with Gasteiger partial charge in [-0.1, -0.05) is 0 Å². The van der Waals surface area contributed by atoms with Crippen LogP contribution >= 0.6 is 0 Å². The minimum absolute atomic E-state index is 0.00987. The molecule has 3 heterocycles. The first-order chi connectivity index (χ1) is 15.2. The summed E-state index contributed by atoms with van der Waals surface area (Å²) in [5, 5.41) is 55.7. The third kappa shape index (κ3) is 5.44. The lowest BCUT2D eigenvalue weighted by atomic mass is 9.96. The van der Waals surface area contributed by atoms with Crippen LogP contribution in [0.1, 0.15) is 12.7 Å². The smallest absolute Gasteiger partial charge is 0.252 e. The number of aliphatic hydroxyl groups excluding tert-OH is 5. The maximum atomic E-state index is 12.5. The van der Waals surface area contributed by atoms with Gasteiger partial charge in [-0.05, 0) is 12.1 Å². The van der Waals surface area contributed by atoms with Crippen molar-refractivity contribution in [3.8, 4) is 0 Å². The van der Waals surface area contributed by atoms with Gasteiger partial charge in [-0.15, -0.1) is 0 Å². The summed E-state index contributed by atoms with van der Waals surface area (Å²) in [4.78, 5) is 24.0. The van der Waals surface area contributed by atoms with E-state index in [2.05, 4.69) is 10.6 Å². The van der Waals surface area contributed by atoms with Gasteiger partial charge in [0.05, 0.1) is 32.1 Å². The van der Waals surface area contributed by atoms with E-state index in [-0.39, 0.29) is 13.2 Å². The van der Waals surface area contributed by atoms with Crippen molar-refractivity contribution in [3.05, 3.63) is 24.2 Å². The minimum Gasteiger partial charge on any atom is -0.467 e. The van der Waals surface area contributed by atoms with Crippen LogP contribution in [0.2, 0.25) is 0 Å². The normalized spacial score (nSPS) is 37.6. The quantitative estimate of drug-likeness (QED) is 0.212. The van der Waals surface area contributed by atoms with Gasteiger partial charge >= 0.3 is 0 Å². The molecule has 2 fully saturated rings. The molecule has 1 aromatic heterocycles. The number of carbonyl (C=O) groups is 2.